The smallest absolute Gasteiger partial charge is 0.0739 e. The molecule has 0 aliphatic heterocycles. The molecule has 0 aliphatic carbocycles. The van der Waals surface area contributed by atoms with Crippen LogP contribution in [0.15, 0.2) is 27.1 Å². The first-order chi connectivity index (χ1) is 8.50. The van der Waals surface area contributed by atoms with E-state index in [-0.39, 0.29) is 0 Å². The molecule has 3 nitrogen and oxygen atoms in total. The molecule has 96 valence electrons. The lowest BCUT2D eigenvalue weighted by Gasteiger charge is -2.11. The Morgan fingerprint density at radius 2 is 2.00 bits per heavy atom. The van der Waals surface area contributed by atoms with Crippen LogP contribution in [-0.4, -0.2) is 9.78 Å². The molecule has 0 spiro atoms. The summed E-state index contributed by atoms with van der Waals surface area (Å²) in [6, 6.07) is 6.16. The van der Waals surface area contributed by atoms with Crippen LogP contribution in [0.25, 0.3) is 0 Å². The Hall–Kier alpha value is -0.810. The third kappa shape index (κ3) is 2.62. The van der Waals surface area contributed by atoms with Crippen molar-refractivity contribution in [3.05, 3.63) is 44.1 Å². The van der Waals surface area contributed by atoms with Crippen LogP contribution in [0.3, 0.4) is 0 Å². The lowest BCUT2D eigenvalue weighted by atomic mass is 10.2. The fraction of sp³-hybridized carbons (Fsp3) is 0.308. The normalized spacial score (nSPS) is 10.7. The average molecular weight is 373 g/mol. The highest BCUT2D eigenvalue weighted by Crippen LogP contribution is 2.25. The van der Waals surface area contributed by atoms with E-state index in [1.54, 1.807) is 0 Å². The minimum Gasteiger partial charge on any atom is -0.379 e. The number of hydrogen-bond donors (Lipinski definition) is 1. The van der Waals surface area contributed by atoms with Crippen LogP contribution in [-0.2, 0) is 13.6 Å². The number of aromatic nitrogens is 2. The molecule has 0 bridgehead atoms. The van der Waals surface area contributed by atoms with Crippen LogP contribution < -0.4 is 5.32 Å². The molecule has 1 aromatic heterocycles. The van der Waals surface area contributed by atoms with E-state index in [0.29, 0.717) is 0 Å². The number of nitrogens with zero attached hydrogens (tertiary/aromatic N) is 2. The van der Waals surface area contributed by atoms with Crippen molar-refractivity contribution in [3.63, 3.8) is 0 Å². The number of hydrogen-bond acceptors (Lipinski definition) is 2. The first-order valence-electron chi connectivity index (χ1n) is 5.67. The molecule has 0 fully saturated rings. The highest BCUT2D eigenvalue weighted by molar-refractivity contribution is 9.10. The lowest BCUT2D eigenvalue weighted by Crippen LogP contribution is -2.07. The second-order valence-corrected chi connectivity index (χ2v) is 5.88. The van der Waals surface area contributed by atoms with Gasteiger partial charge >= 0.3 is 0 Å². The Bertz CT molecular complexity index is 576. The zero-order chi connectivity index (χ0) is 13.3. The second-order valence-electron chi connectivity index (χ2n) is 4.24. The van der Waals surface area contributed by atoms with E-state index in [1.807, 2.05) is 30.8 Å². The molecule has 2 rings (SSSR count). The molecule has 1 N–H and O–H groups in total. The first kappa shape index (κ1) is 13.6. The van der Waals surface area contributed by atoms with E-state index in [9.17, 15) is 0 Å². The molecular formula is C13H15Br2N3. The summed E-state index contributed by atoms with van der Waals surface area (Å²) in [4.78, 5) is 0. The second kappa shape index (κ2) is 5.45. The van der Waals surface area contributed by atoms with Crippen molar-refractivity contribution in [1.29, 1.82) is 0 Å². The van der Waals surface area contributed by atoms with E-state index in [4.69, 9.17) is 0 Å². The maximum atomic E-state index is 4.38. The van der Waals surface area contributed by atoms with Crippen LogP contribution in [0, 0.1) is 13.8 Å². The van der Waals surface area contributed by atoms with Gasteiger partial charge in [-0.2, -0.15) is 5.10 Å². The number of rotatable bonds is 3. The van der Waals surface area contributed by atoms with E-state index in [1.165, 1.54) is 5.56 Å². The van der Waals surface area contributed by atoms with Gasteiger partial charge in [-0.3, -0.25) is 4.68 Å². The van der Waals surface area contributed by atoms with Crippen molar-refractivity contribution >= 4 is 37.5 Å². The van der Waals surface area contributed by atoms with Crippen LogP contribution >= 0.6 is 31.9 Å². The van der Waals surface area contributed by atoms with Gasteiger partial charge in [-0.05, 0) is 47.5 Å². The number of benzene rings is 1. The largest absolute Gasteiger partial charge is 0.379 e. The summed E-state index contributed by atoms with van der Waals surface area (Å²) in [5.74, 6) is 0. The van der Waals surface area contributed by atoms with Gasteiger partial charge in [0.25, 0.3) is 0 Å². The maximum Gasteiger partial charge on any atom is 0.0739 e. The lowest BCUT2D eigenvalue weighted by molar-refractivity contribution is 0.712. The minimum atomic E-state index is 0.745. The number of aryl methyl sites for hydroxylation is 2. The van der Waals surface area contributed by atoms with E-state index >= 15 is 0 Å². The standard InChI is InChI=1S/C13H15Br2N3/c1-8-10(14)5-4-6-11(8)16-7-12-13(15)9(2)17-18(12)3/h4-6,16H,7H2,1-3H3. The van der Waals surface area contributed by atoms with Gasteiger partial charge in [-0.25, -0.2) is 0 Å². The fourth-order valence-corrected chi connectivity index (χ4v) is 2.69. The Labute approximate surface area is 124 Å². The molecule has 5 heteroatoms. The van der Waals surface area contributed by atoms with Crippen LogP contribution in [0.5, 0.6) is 0 Å². The summed E-state index contributed by atoms with van der Waals surface area (Å²) >= 11 is 7.11. The van der Waals surface area contributed by atoms with E-state index in [2.05, 4.69) is 55.3 Å². The Morgan fingerprint density at radius 3 is 2.61 bits per heavy atom. The molecule has 0 unspecified atom stereocenters. The van der Waals surface area contributed by atoms with Crippen molar-refractivity contribution in [2.24, 2.45) is 7.05 Å². The maximum absolute atomic E-state index is 4.38. The highest BCUT2D eigenvalue weighted by Gasteiger charge is 2.10. The monoisotopic (exact) mass is 371 g/mol. The molecule has 2 aromatic rings. The molecule has 0 atom stereocenters. The zero-order valence-electron chi connectivity index (χ0n) is 10.6. The molecular weight excluding hydrogens is 358 g/mol. The third-order valence-corrected chi connectivity index (χ3v) is 4.87. The Morgan fingerprint density at radius 1 is 1.28 bits per heavy atom. The minimum absolute atomic E-state index is 0.745. The van der Waals surface area contributed by atoms with Crippen LogP contribution in [0.4, 0.5) is 5.69 Å². The summed E-state index contributed by atoms with van der Waals surface area (Å²) in [6.45, 7) is 4.84. The van der Waals surface area contributed by atoms with Gasteiger partial charge in [-0.15, -0.1) is 0 Å². The van der Waals surface area contributed by atoms with Gasteiger partial charge in [0.2, 0.25) is 0 Å². The van der Waals surface area contributed by atoms with E-state index in [0.717, 1.165) is 32.6 Å². The van der Waals surface area contributed by atoms with Gasteiger partial charge in [0.15, 0.2) is 0 Å². The molecule has 0 amide bonds. The predicted molar refractivity (Wildman–Crippen MR) is 81.9 cm³/mol. The number of nitrogens with one attached hydrogen (secondary N) is 1. The van der Waals surface area contributed by atoms with Crippen molar-refractivity contribution < 1.29 is 0 Å². The summed E-state index contributed by atoms with van der Waals surface area (Å²) < 4.78 is 4.10. The topological polar surface area (TPSA) is 29.9 Å². The number of anilines is 1. The molecule has 1 aromatic carbocycles. The van der Waals surface area contributed by atoms with Gasteiger partial charge < -0.3 is 5.32 Å². The number of halogens is 2. The predicted octanol–water partition coefficient (Wildman–Crippen LogP) is 4.17. The molecule has 18 heavy (non-hydrogen) atoms. The van der Waals surface area contributed by atoms with Gasteiger partial charge in [0, 0.05) is 17.2 Å². The molecule has 1 heterocycles. The fourth-order valence-electron chi connectivity index (χ4n) is 1.85. The Kier molecular flexibility index (Phi) is 4.12. The van der Waals surface area contributed by atoms with Gasteiger partial charge in [0.05, 0.1) is 22.4 Å². The first-order valence-corrected chi connectivity index (χ1v) is 7.26. The van der Waals surface area contributed by atoms with Gasteiger partial charge in [-0.1, -0.05) is 22.0 Å². The SMILES string of the molecule is Cc1nn(C)c(CNc2cccc(Br)c2C)c1Br. The van der Waals surface area contributed by atoms with E-state index < -0.39 is 0 Å². The highest BCUT2D eigenvalue weighted by atomic mass is 79.9. The summed E-state index contributed by atoms with van der Waals surface area (Å²) in [7, 11) is 1.96. The molecule has 0 radical (unpaired) electrons. The average Bonchev–Trinajstić information content (AvgIpc) is 2.56. The summed E-state index contributed by atoms with van der Waals surface area (Å²) in [5, 5.41) is 7.83. The summed E-state index contributed by atoms with van der Waals surface area (Å²) in [6.07, 6.45) is 0. The van der Waals surface area contributed by atoms with Crippen LogP contribution in [0.1, 0.15) is 17.0 Å². The third-order valence-electron chi connectivity index (χ3n) is 2.98. The van der Waals surface area contributed by atoms with Crippen molar-refractivity contribution in [3.8, 4) is 0 Å². The molecule has 0 saturated carbocycles. The molecule has 0 aliphatic rings. The van der Waals surface area contributed by atoms with Crippen molar-refractivity contribution in [2.45, 2.75) is 20.4 Å². The van der Waals surface area contributed by atoms with Gasteiger partial charge in [0.1, 0.15) is 0 Å². The van der Waals surface area contributed by atoms with Crippen molar-refractivity contribution in [1.82, 2.24) is 9.78 Å². The van der Waals surface area contributed by atoms with Crippen molar-refractivity contribution in [2.75, 3.05) is 5.32 Å². The quantitative estimate of drug-likeness (QED) is 0.875. The summed E-state index contributed by atoms with van der Waals surface area (Å²) in [5.41, 5.74) is 4.51. The molecule has 0 saturated heterocycles. The van der Waals surface area contributed by atoms with Crippen LogP contribution in [0.2, 0.25) is 0 Å². The Balaban J connectivity index is 2.19. The zero-order valence-corrected chi connectivity index (χ0v) is 13.8.